The van der Waals surface area contributed by atoms with Gasteiger partial charge in [0.15, 0.2) is 0 Å². The molecule has 0 unspecified atom stereocenters. The highest BCUT2D eigenvalue weighted by atomic mass is 35.5. The van der Waals surface area contributed by atoms with Crippen molar-refractivity contribution >= 4 is 45.7 Å². The van der Waals surface area contributed by atoms with Crippen LogP contribution in [0.15, 0.2) is 22.4 Å². The fraction of sp³-hybridized carbons (Fsp3) is 0. The summed E-state index contributed by atoms with van der Waals surface area (Å²) in [6.07, 6.45) is 0. The van der Waals surface area contributed by atoms with Crippen LogP contribution in [0.3, 0.4) is 0 Å². The zero-order chi connectivity index (χ0) is 8.72. The SMILES string of the molecule is Oc1cccc2sc(S)c(Cl)c12. The summed E-state index contributed by atoms with van der Waals surface area (Å²) in [5.41, 5.74) is 0. The number of thiol groups is 1. The molecule has 1 aromatic carbocycles. The molecule has 12 heavy (non-hydrogen) atoms. The summed E-state index contributed by atoms with van der Waals surface area (Å²) < 4.78 is 1.71. The van der Waals surface area contributed by atoms with E-state index in [1.165, 1.54) is 11.3 Å². The lowest BCUT2D eigenvalue weighted by atomic mass is 10.2. The molecule has 0 saturated heterocycles. The van der Waals surface area contributed by atoms with Crippen molar-refractivity contribution in [1.82, 2.24) is 0 Å². The van der Waals surface area contributed by atoms with E-state index >= 15 is 0 Å². The van der Waals surface area contributed by atoms with E-state index in [-0.39, 0.29) is 5.75 Å². The molecule has 0 amide bonds. The van der Waals surface area contributed by atoms with Crippen molar-refractivity contribution in [2.45, 2.75) is 4.21 Å². The summed E-state index contributed by atoms with van der Waals surface area (Å²) >= 11 is 11.6. The number of aromatic hydroxyl groups is 1. The molecule has 0 fully saturated rings. The average molecular weight is 217 g/mol. The Hall–Kier alpha value is -0.380. The van der Waals surface area contributed by atoms with Crippen LogP contribution in [0.2, 0.25) is 5.02 Å². The van der Waals surface area contributed by atoms with Crippen LogP contribution in [0.5, 0.6) is 5.75 Å². The molecule has 0 bridgehead atoms. The second kappa shape index (κ2) is 2.83. The molecular formula is C8H5ClOS2. The van der Waals surface area contributed by atoms with Gasteiger partial charge in [0.25, 0.3) is 0 Å². The van der Waals surface area contributed by atoms with Gasteiger partial charge in [-0.05, 0) is 12.1 Å². The minimum absolute atomic E-state index is 0.217. The largest absolute Gasteiger partial charge is 0.507 e. The van der Waals surface area contributed by atoms with E-state index in [0.29, 0.717) is 10.4 Å². The van der Waals surface area contributed by atoms with E-state index in [0.717, 1.165) is 8.91 Å². The topological polar surface area (TPSA) is 20.2 Å². The van der Waals surface area contributed by atoms with Gasteiger partial charge in [-0.1, -0.05) is 17.7 Å². The van der Waals surface area contributed by atoms with Gasteiger partial charge >= 0.3 is 0 Å². The second-order valence-corrected chi connectivity index (χ2v) is 4.55. The highest BCUT2D eigenvalue weighted by molar-refractivity contribution is 7.83. The first-order valence-electron chi connectivity index (χ1n) is 3.29. The Balaban J connectivity index is 2.97. The Morgan fingerprint density at radius 2 is 2.17 bits per heavy atom. The molecule has 4 heteroatoms. The second-order valence-electron chi connectivity index (χ2n) is 2.37. The van der Waals surface area contributed by atoms with Crippen molar-refractivity contribution in [3.8, 4) is 5.75 Å². The summed E-state index contributed by atoms with van der Waals surface area (Å²) in [4.78, 5) is 0. The first kappa shape index (κ1) is 8.23. The molecule has 0 aliphatic carbocycles. The highest BCUT2D eigenvalue weighted by Crippen LogP contribution is 2.41. The standard InChI is InChI=1S/C8H5ClOS2/c9-7-6-4(10)2-1-3-5(6)12-8(7)11/h1-3,10-11H. The minimum atomic E-state index is 0.217. The molecular weight excluding hydrogens is 212 g/mol. The number of benzene rings is 1. The molecule has 1 N–H and O–H groups in total. The molecule has 1 nitrogen and oxygen atoms in total. The number of hydrogen-bond acceptors (Lipinski definition) is 3. The van der Waals surface area contributed by atoms with E-state index < -0.39 is 0 Å². The van der Waals surface area contributed by atoms with E-state index in [9.17, 15) is 5.11 Å². The molecule has 0 atom stereocenters. The maximum Gasteiger partial charge on any atom is 0.125 e. The molecule has 2 aromatic rings. The number of rotatable bonds is 0. The number of phenols is 1. The van der Waals surface area contributed by atoms with E-state index in [1.807, 2.05) is 6.07 Å². The first-order chi connectivity index (χ1) is 5.70. The monoisotopic (exact) mass is 216 g/mol. The van der Waals surface area contributed by atoms with Gasteiger partial charge in [-0.3, -0.25) is 0 Å². The van der Waals surface area contributed by atoms with E-state index in [4.69, 9.17) is 11.6 Å². The number of hydrogen-bond donors (Lipinski definition) is 2. The molecule has 62 valence electrons. The predicted octanol–water partition coefficient (Wildman–Crippen LogP) is 3.55. The third kappa shape index (κ3) is 1.09. The van der Waals surface area contributed by atoms with Gasteiger partial charge in [0, 0.05) is 4.70 Å². The number of thiophene rings is 1. The predicted molar refractivity (Wildman–Crippen MR) is 55.8 cm³/mol. The lowest BCUT2D eigenvalue weighted by Gasteiger charge is -1.93. The summed E-state index contributed by atoms with van der Waals surface area (Å²) in [6.45, 7) is 0. The molecule has 2 rings (SSSR count). The Morgan fingerprint density at radius 3 is 2.83 bits per heavy atom. The number of halogens is 1. The maximum absolute atomic E-state index is 9.45. The third-order valence-electron chi connectivity index (χ3n) is 1.62. The van der Waals surface area contributed by atoms with E-state index in [2.05, 4.69) is 12.6 Å². The van der Waals surface area contributed by atoms with Crippen LogP contribution in [0.1, 0.15) is 0 Å². The number of fused-ring (bicyclic) bond motifs is 1. The summed E-state index contributed by atoms with van der Waals surface area (Å²) in [5, 5.41) is 10.7. The minimum Gasteiger partial charge on any atom is -0.507 e. The summed E-state index contributed by atoms with van der Waals surface area (Å²) in [6, 6.07) is 5.32. The summed E-state index contributed by atoms with van der Waals surface area (Å²) in [5.74, 6) is 0.217. The van der Waals surface area contributed by atoms with Crippen molar-refractivity contribution in [2.24, 2.45) is 0 Å². The van der Waals surface area contributed by atoms with Crippen LogP contribution in [-0.4, -0.2) is 5.11 Å². The Kier molecular flexibility index (Phi) is 1.94. The van der Waals surface area contributed by atoms with Crippen molar-refractivity contribution < 1.29 is 5.11 Å². The lowest BCUT2D eigenvalue weighted by molar-refractivity contribution is 0.482. The van der Waals surface area contributed by atoms with Crippen LogP contribution >= 0.6 is 35.6 Å². The van der Waals surface area contributed by atoms with Gasteiger partial charge < -0.3 is 5.11 Å². The Labute approximate surface area is 84.0 Å². The van der Waals surface area contributed by atoms with Crippen molar-refractivity contribution in [3.63, 3.8) is 0 Å². The molecule has 0 aliphatic rings. The first-order valence-corrected chi connectivity index (χ1v) is 4.93. The quantitative estimate of drug-likeness (QED) is 0.646. The zero-order valence-corrected chi connectivity index (χ0v) is 8.38. The Bertz CT molecular complexity index is 436. The highest BCUT2D eigenvalue weighted by Gasteiger charge is 2.09. The van der Waals surface area contributed by atoms with E-state index in [1.54, 1.807) is 12.1 Å². The van der Waals surface area contributed by atoms with Crippen LogP contribution in [-0.2, 0) is 0 Å². The summed E-state index contributed by atoms with van der Waals surface area (Å²) in [7, 11) is 0. The van der Waals surface area contributed by atoms with Gasteiger partial charge in [-0.25, -0.2) is 0 Å². The average Bonchev–Trinajstić information content (AvgIpc) is 2.29. The van der Waals surface area contributed by atoms with Crippen LogP contribution in [0.25, 0.3) is 10.1 Å². The van der Waals surface area contributed by atoms with Crippen LogP contribution in [0.4, 0.5) is 0 Å². The van der Waals surface area contributed by atoms with Crippen molar-refractivity contribution in [3.05, 3.63) is 23.2 Å². The smallest absolute Gasteiger partial charge is 0.125 e. The molecule has 1 heterocycles. The zero-order valence-electron chi connectivity index (χ0n) is 5.91. The maximum atomic E-state index is 9.45. The van der Waals surface area contributed by atoms with Crippen LogP contribution < -0.4 is 0 Å². The van der Waals surface area contributed by atoms with Crippen LogP contribution in [0, 0.1) is 0 Å². The normalized spacial score (nSPS) is 10.8. The van der Waals surface area contributed by atoms with Gasteiger partial charge in [-0.15, -0.1) is 24.0 Å². The van der Waals surface area contributed by atoms with Crippen molar-refractivity contribution in [2.75, 3.05) is 0 Å². The number of phenolic OH excluding ortho intramolecular Hbond substituents is 1. The molecule has 0 radical (unpaired) electrons. The molecule has 1 aromatic heterocycles. The fourth-order valence-corrected chi connectivity index (χ4v) is 2.71. The van der Waals surface area contributed by atoms with Gasteiger partial charge in [0.05, 0.1) is 14.6 Å². The van der Waals surface area contributed by atoms with Gasteiger partial charge in [0.1, 0.15) is 5.75 Å². The van der Waals surface area contributed by atoms with Gasteiger partial charge in [-0.2, -0.15) is 0 Å². The molecule has 0 saturated carbocycles. The van der Waals surface area contributed by atoms with Gasteiger partial charge in [0.2, 0.25) is 0 Å². The van der Waals surface area contributed by atoms with Crippen molar-refractivity contribution in [1.29, 1.82) is 0 Å². The molecule has 0 aliphatic heterocycles. The third-order valence-corrected chi connectivity index (χ3v) is 3.69. The Morgan fingerprint density at radius 1 is 1.42 bits per heavy atom. The molecule has 0 spiro atoms. The fourth-order valence-electron chi connectivity index (χ4n) is 1.08. The lowest BCUT2D eigenvalue weighted by Crippen LogP contribution is -1.66.